The minimum atomic E-state index is -0.430. The fourth-order valence-corrected chi connectivity index (χ4v) is 4.67. The standard InChI is InChI=1S/C27H28N2O3S/c1-17-11-12-21-23(16-27(3,4)32-24(21)14-17)29-26(31)22(15-19-9-7-13-33-19)28-25(30)20-10-6-5-8-18(20)2/h5-15,23H,16H2,1-4H3,(H,28,30)(H,29,31)/b22-15-/t23-/m1/s1. The van der Waals surface area contributed by atoms with E-state index in [1.54, 1.807) is 12.1 Å². The van der Waals surface area contributed by atoms with Gasteiger partial charge in [0.05, 0.1) is 6.04 Å². The Labute approximate surface area is 198 Å². The average molecular weight is 461 g/mol. The number of ether oxygens (including phenoxy) is 1. The lowest BCUT2D eigenvalue weighted by Gasteiger charge is -2.38. The average Bonchev–Trinajstić information content (AvgIpc) is 3.25. The van der Waals surface area contributed by atoms with Crippen LogP contribution in [-0.4, -0.2) is 17.4 Å². The lowest BCUT2D eigenvalue weighted by Crippen LogP contribution is -2.43. The van der Waals surface area contributed by atoms with Crippen LogP contribution in [0.15, 0.2) is 65.7 Å². The van der Waals surface area contributed by atoms with Gasteiger partial charge in [0.25, 0.3) is 11.8 Å². The first kappa shape index (κ1) is 22.8. The molecule has 2 amide bonds. The van der Waals surface area contributed by atoms with Crippen LogP contribution < -0.4 is 15.4 Å². The molecule has 0 fully saturated rings. The fourth-order valence-electron chi connectivity index (χ4n) is 4.01. The number of benzene rings is 2. The molecule has 0 aliphatic carbocycles. The zero-order valence-electron chi connectivity index (χ0n) is 19.3. The van der Waals surface area contributed by atoms with Crippen LogP contribution in [0.4, 0.5) is 0 Å². The number of fused-ring (bicyclic) bond motifs is 1. The Bertz CT molecular complexity index is 1210. The maximum absolute atomic E-state index is 13.4. The lowest BCUT2D eigenvalue weighted by atomic mass is 9.89. The highest BCUT2D eigenvalue weighted by atomic mass is 32.1. The van der Waals surface area contributed by atoms with Gasteiger partial charge in [0.15, 0.2) is 0 Å². The second kappa shape index (κ2) is 9.24. The van der Waals surface area contributed by atoms with Crippen molar-refractivity contribution in [2.75, 3.05) is 0 Å². The molecule has 0 bridgehead atoms. The number of amides is 2. The molecule has 6 heteroatoms. The van der Waals surface area contributed by atoms with Gasteiger partial charge in [0, 0.05) is 22.4 Å². The van der Waals surface area contributed by atoms with Gasteiger partial charge in [-0.15, -0.1) is 11.3 Å². The van der Waals surface area contributed by atoms with Crippen LogP contribution >= 0.6 is 11.3 Å². The molecule has 170 valence electrons. The molecule has 1 aromatic heterocycles. The highest BCUT2D eigenvalue weighted by molar-refractivity contribution is 7.10. The Morgan fingerprint density at radius 2 is 1.88 bits per heavy atom. The Balaban J connectivity index is 1.62. The third-order valence-corrected chi connectivity index (χ3v) is 6.46. The summed E-state index contributed by atoms with van der Waals surface area (Å²) in [4.78, 5) is 27.3. The molecule has 33 heavy (non-hydrogen) atoms. The van der Waals surface area contributed by atoms with E-state index < -0.39 is 5.60 Å². The van der Waals surface area contributed by atoms with Crippen molar-refractivity contribution in [3.63, 3.8) is 0 Å². The third-order valence-electron chi connectivity index (χ3n) is 5.64. The van der Waals surface area contributed by atoms with Crippen molar-refractivity contribution in [3.8, 4) is 5.75 Å². The fraction of sp³-hybridized carbons (Fsp3) is 0.259. The summed E-state index contributed by atoms with van der Waals surface area (Å²) in [7, 11) is 0. The molecule has 3 aromatic rings. The molecule has 2 N–H and O–H groups in total. The van der Waals surface area contributed by atoms with E-state index in [1.165, 1.54) is 11.3 Å². The molecule has 1 aliphatic rings. The topological polar surface area (TPSA) is 67.4 Å². The zero-order valence-corrected chi connectivity index (χ0v) is 20.1. The van der Waals surface area contributed by atoms with Gasteiger partial charge in [0.2, 0.25) is 0 Å². The van der Waals surface area contributed by atoms with Crippen molar-refractivity contribution in [2.24, 2.45) is 0 Å². The van der Waals surface area contributed by atoms with Crippen molar-refractivity contribution in [2.45, 2.75) is 45.8 Å². The second-order valence-corrected chi connectivity index (χ2v) is 9.95. The summed E-state index contributed by atoms with van der Waals surface area (Å²) in [5, 5.41) is 7.91. The summed E-state index contributed by atoms with van der Waals surface area (Å²) in [6.07, 6.45) is 2.34. The number of hydrogen-bond acceptors (Lipinski definition) is 4. The molecule has 2 heterocycles. The molecular formula is C27H28N2O3S. The smallest absolute Gasteiger partial charge is 0.268 e. The minimum Gasteiger partial charge on any atom is -0.487 e. The number of carbonyl (C=O) groups is 2. The first-order valence-corrected chi connectivity index (χ1v) is 11.8. The summed E-state index contributed by atoms with van der Waals surface area (Å²) >= 11 is 1.50. The van der Waals surface area contributed by atoms with E-state index in [1.807, 2.05) is 81.6 Å². The maximum atomic E-state index is 13.4. The van der Waals surface area contributed by atoms with Gasteiger partial charge in [-0.3, -0.25) is 9.59 Å². The number of aryl methyl sites for hydroxylation is 2. The molecule has 0 radical (unpaired) electrons. The highest BCUT2D eigenvalue weighted by Crippen LogP contribution is 2.40. The predicted molar refractivity (Wildman–Crippen MR) is 132 cm³/mol. The van der Waals surface area contributed by atoms with Crippen molar-refractivity contribution in [1.82, 2.24) is 10.6 Å². The summed E-state index contributed by atoms with van der Waals surface area (Å²) in [5.41, 5.74) is 3.20. The molecule has 5 nitrogen and oxygen atoms in total. The Morgan fingerprint density at radius 3 is 2.61 bits per heavy atom. The molecule has 0 saturated carbocycles. The van der Waals surface area contributed by atoms with Crippen molar-refractivity contribution in [3.05, 3.63) is 92.8 Å². The molecule has 0 saturated heterocycles. The molecule has 4 rings (SSSR count). The Morgan fingerprint density at radius 1 is 1.09 bits per heavy atom. The number of hydrogen-bond donors (Lipinski definition) is 2. The van der Waals surface area contributed by atoms with Gasteiger partial charge < -0.3 is 15.4 Å². The molecule has 0 spiro atoms. The number of carbonyl (C=O) groups excluding carboxylic acids is 2. The quantitative estimate of drug-likeness (QED) is 0.490. The van der Waals surface area contributed by atoms with Gasteiger partial charge in [-0.2, -0.15) is 0 Å². The van der Waals surface area contributed by atoms with Crippen molar-refractivity contribution < 1.29 is 14.3 Å². The zero-order chi connectivity index (χ0) is 23.6. The second-order valence-electron chi connectivity index (χ2n) is 8.98. The minimum absolute atomic E-state index is 0.212. The Hall–Kier alpha value is -3.38. The van der Waals surface area contributed by atoms with E-state index in [9.17, 15) is 9.59 Å². The monoisotopic (exact) mass is 460 g/mol. The van der Waals surface area contributed by atoms with Crippen LogP contribution in [0, 0.1) is 13.8 Å². The van der Waals surface area contributed by atoms with E-state index in [0.717, 1.165) is 27.3 Å². The van der Waals surface area contributed by atoms with Crippen LogP contribution in [0.25, 0.3) is 6.08 Å². The van der Waals surface area contributed by atoms with E-state index in [-0.39, 0.29) is 23.6 Å². The number of thiophene rings is 1. The summed E-state index contributed by atoms with van der Waals surface area (Å²) in [5.74, 6) is 0.137. The normalized spacial score (nSPS) is 17.0. The summed E-state index contributed by atoms with van der Waals surface area (Å²) in [6.45, 7) is 7.92. The molecule has 1 aliphatic heterocycles. The molecule has 1 atom stereocenters. The highest BCUT2D eigenvalue weighted by Gasteiger charge is 2.35. The predicted octanol–water partition coefficient (Wildman–Crippen LogP) is 5.55. The number of nitrogens with one attached hydrogen (secondary N) is 2. The van der Waals surface area contributed by atoms with Crippen LogP contribution in [0.2, 0.25) is 0 Å². The van der Waals surface area contributed by atoms with Gasteiger partial charge in [-0.25, -0.2) is 0 Å². The van der Waals surface area contributed by atoms with E-state index in [0.29, 0.717) is 12.0 Å². The SMILES string of the molecule is Cc1ccc2c(c1)OC(C)(C)C[C@H]2NC(=O)/C(=C/c1cccs1)NC(=O)c1ccccc1C. The van der Waals surface area contributed by atoms with Crippen LogP contribution in [0.5, 0.6) is 5.75 Å². The van der Waals surface area contributed by atoms with Gasteiger partial charge in [-0.05, 0) is 68.5 Å². The molecule has 0 unspecified atom stereocenters. The summed E-state index contributed by atoms with van der Waals surface area (Å²) in [6, 6.07) is 16.9. The van der Waals surface area contributed by atoms with Crippen molar-refractivity contribution in [1.29, 1.82) is 0 Å². The van der Waals surface area contributed by atoms with Gasteiger partial charge in [0.1, 0.15) is 17.0 Å². The lowest BCUT2D eigenvalue weighted by molar-refractivity contribution is -0.119. The van der Waals surface area contributed by atoms with Crippen molar-refractivity contribution >= 4 is 29.2 Å². The largest absolute Gasteiger partial charge is 0.487 e. The van der Waals surface area contributed by atoms with Gasteiger partial charge in [-0.1, -0.05) is 36.4 Å². The maximum Gasteiger partial charge on any atom is 0.268 e. The molecular weight excluding hydrogens is 432 g/mol. The van der Waals surface area contributed by atoms with Crippen LogP contribution in [-0.2, 0) is 4.79 Å². The van der Waals surface area contributed by atoms with E-state index in [4.69, 9.17) is 4.74 Å². The van der Waals surface area contributed by atoms with Crippen LogP contribution in [0.1, 0.15) is 58.2 Å². The van der Waals surface area contributed by atoms with E-state index in [2.05, 4.69) is 10.6 Å². The third kappa shape index (κ3) is 5.34. The van der Waals surface area contributed by atoms with Gasteiger partial charge >= 0.3 is 0 Å². The first-order valence-electron chi connectivity index (χ1n) is 10.9. The van der Waals surface area contributed by atoms with E-state index >= 15 is 0 Å². The Kier molecular flexibility index (Phi) is 6.38. The summed E-state index contributed by atoms with van der Waals surface area (Å²) < 4.78 is 6.16. The first-order chi connectivity index (χ1) is 15.7. The molecule has 2 aromatic carbocycles. The van der Waals surface area contributed by atoms with Crippen LogP contribution in [0.3, 0.4) is 0 Å². The number of rotatable bonds is 5.